The fourth-order valence-corrected chi connectivity index (χ4v) is 1.67. The Morgan fingerprint density at radius 3 is 2.32 bits per heavy atom. The molecule has 100 valence electrons. The molecule has 5 nitrogen and oxygen atoms in total. The fourth-order valence-electron chi connectivity index (χ4n) is 1.67. The number of nitrogens with one attached hydrogen (secondary N) is 2. The number of aliphatic hydroxyl groups is 1. The van der Waals surface area contributed by atoms with Crippen molar-refractivity contribution in [3.8, 4) is 0 Å². The van der Waals surface area contributed by atoms with Crippen molar-refractivity contribution in [1.29, 1.82) is 0 Å². The lowest BCUT2D eigenvalue weighted by Gasteiger charge is -2.06. The molecule has 0 spiro atoms. The number of carbonyl (C=O) groups is 1. The first kappa shape index (κ1) is 13.2. The van der Waals surface area contributed by atoms with Gasteiger partial charge in [-0.25, -0.2) is 0 Å². The van der Waals surface area contributed by atoms with Crippen molar-refractivity contribution in [2.75, 3.05) is 10.6 Å². The zero-order chi connectivity index (χ0) is 13.7. The SMILES string of the molecule is CC(=O)Nc1ccc(NCc2ccc(CO)o2)cc1. The first-order valence-electron chi connectivity index (χ1n) is 5.97. The summed E-state index contributed by atoms with van der Waals surface area (Å²) >= 11 is 0. The van der Waals surface area contributed by atoms with E-state index in [1.807, 2.05) is 30.3 Å². The summed E-state index contributed by atoms with van der Waals surface area (Å²) in [5.74, 6) is 1.22. The van der Waals surface area contributed by atoms with Crippen LogP contribution in [0.4, 0.5) is 11.4 Å². The molecule has 0 atom stereocenters. The standard InChI is InChI=1S/C14H16N2O3/c1-10(18)16-12-4-2-11(3-5-12)15-8-13-6-7-14(9-17)19-13/h2-7,15,17H,8-9H2,1H3,(H,16,18). The van der Waals surface area contributed by atoms with Crippen LogP contribution in [0.25, 0.3) is 0 Å². The van der Waals surface area contributed by atoms with Gasteiger partial charge >= 0.3 is 0 Å². The summed E-state index contributed by atoms with van der Waals surface area (Å²) in [7, 11) is 0. The highest BCUT2D eigenvalue weighted by Gasteiger charge is 2.01. The zero-order valence-electron chi connectivity index (χ0n) is 10.6. The molecule has 19 heavy (non-hydrogen) atoms. The highest BCUT2D eigenvalue weighted by atomic mass is 16.4. The van der Waals surface area contributed by atoms with Crippen molar-refractivity contribution < 1.29 is 14.3 Å². The molecule has 1 amide bonds. The number of amides is 1. The molecular formula is C14H16N2O3. The van der Waals surface area contributed by atoms with Gasteiger partial charge in [-0.15, -0.1) is 0 Å². The Morgan fingerprint density at radius 2 is 1.74 bits per heavy atom. The molecule has 0 saturated carbocycles. The van der Waals surface area contributed by atoms with E-state index in [1.165, 1.54) is 6.92 Å². The van der Waals surface area contributed by atoms with Gasteiger partial charge in [0.1, 0.15) is 18.1 Å². The maximum Gasteiger partial charge on any atom is 0.221 e. The first-order valence-corrected chi connectivity index (χ1v) is 5.97. The lowest BCUT2D eigenvalue weighted by molar-refractivity contribution is -0.114. The quantitative estimate of drug-likeness (QED) is 0.771. The second kappa shape index (κ2) is 6.06. The van der Waals surface area contributed by atoms with Crippen molar-refractivity contribution in [3.63, 3.8) is 0 Å². The maximum atomic E-state index is 10.9. The largest absolute Gasteiger partial charge is 0.462 e. The van der Waals surface area contributed by atoms with Crippen molar-refractivity contribution in [1.82, 2.24) is 0 Å². The third-order valence-corrected chi connectivity index (χ3v) is 2.55. The van der Waals surface area contributed by atoms with Gasteiger partial charge in [0.05, 0.1) is 6.54 Å². The molecule has 5 heteroatoms. The number of benzene rings is 1. The Labute approximate surface area is 111 Å². The number of aliphatic hydroxyl groups excluding tert-OH is 1. The molecule has 2 rings (SSSR count). The minimum absolute atomic E-state index is 0.0900. The van der Waals surface area contributed by atoms with E-state index in [-0.39, 0.29) is 12.5 Å². The van der Waals surface area contributed by atoms with Gasteiger partial charge in [-0.3, -0.25) is 4.79 Å². The molecule has 0 bridgehead atoms. The van der Waals surface area contributed by atoms with Gasteiger partial charge in [-0.05, 0) is 36.4 Å². The van der Waals surface area contributed by atoms with Gasteiger partial charge in [-0.1, -0.05) is 0 Å². The number of anilines is 2. The first-order chi connectivity index (χ1) is 9.17. The van der Waals surface area contributed by atoms with Crippen LogP contribution in [0.15, 0.2) is 40.8 Å². The second-order valence-corrected chi connectivity index (χ2v) is 4.14. The third-order valence-electron chi connectivity index (χ3n) is 2.55. The number of furan rings is 1. The predicted molar refractivity (Wildman–Crippen MR) is 72.7 cm³/mol. The van der Waals surface area contributed by atoms with Gasteiger partial charge in [0.2, 0.25) is 5.91 Å². The van der Waals surface area contributed by atoms with Crippen LogP contribution in [0.1, 0.15) is 18.4 Å². The van der Waals surface area contributed by atoms with Crippen LogP contribution in [-0.2, 0) is 17.9 Å². The van der Waals surface area contributed by atoms with Gasteiger partial charge in [-0.2, -0.15) is 0 Å². The van der Waals surface area contributed by atoms with E-state index in [1.54, 1.807) is 6.07 Å². The van der Waals surface area contributed by atoms with Gasteiger partial charge in [0.25, 0.3) is 0 Å². The second-order valence-electron chi connectivity index (χ2n) is 4.14. The molecule has 2 aromatic rings. The average Bonchev–Trinajstić information content (AvgIpc) is 2.85. The van der Waals surface area contributed by atoms with Gasteiger partial charge in [0.15, 0.2) is 0 Å². The van der Waals surface area contributed by atoms with E-state index in [0.29, 0.717) is 12.3 Å². The number of carbonyl (C=O) groups excluding carboxylic acids is 1. The van der Waals surface area contributed by atoms with Crippen molar-refractivity contribution in [2.24, 2.45) is 0 Å². The highest BCUT2D eigenvalue weighted by Crippen LogP contribution is 2.15. The topological polar surface area (TPSA) is 74.5 Å². The Hall–Kier alpha value is -2.27. The molecule has 1 heterocycles. The third kappa shape index (κ3) is 3.86. The molecule has 0 fully saturated rings. The normalized spacial score (nSPS) is 10.2. The Kier molecular flexibility index (Phi) is 4.20. The van der Waals surface area contributed by atoms with E-state index in [2.05, 4.69) is 10.6 Å². The van der Waals surface area contributed by atoms with Crippen LogP contribution in [-0.4, -0.2) is 11.0 Å². The van der Waals surface area contributed by atoms with Crippen molar-refractivity contribution >= 4 is 17.3 Å². The monoisotopic (exact) mass is 260 g/mol. The van der Waals surface area contributed by atoms with Crippen LogP contribution in [0.5, 0.6) is 0 Å². The minimum Gasteiger partial charge on any atom is -0.462 e. The van der Waals surface area contributed by atoms with Crippen LogP contribution < -0.4 is 10.6 Å². The molecule has 0 radical (unpaired) electrons. The summed E-state index contributed by atoms with van der Waals surface area (Å²) in [5.41, 5.74) is 1.69. The Bertz CT molecular complexity index is 546. The summed E-state index contributed by atoms with van der Waals surface area (Å²) < 4.78 is 5.36. The minimum atomic E-state index is -0.0919. The zero-order valence-corrected chi connectivity index (χ0v) is 10.6. The van der Waals surface area contributed by atoms with Crippen LogP contribution >= 0.6 is 0 Å². The lowest BCUT2D eigenvalue weighted by atomic mass is 10.2. The molecule has 0 aliphatic rings. The van der Waals surface area contributed by atoms with Crippen molar-refractivity contribution in [3.05, 3.63) is 47.9 Å². The van der Waals surface area contributed by atoms with E-state index in [0.717, 1.165) is 17.1 Å². The fraction of sp³-hybridized carbons (Fsp3) is 0.214. The Balaban J connectivity index is 1.90. The number of hydrogen-bond acceptors (Lipinski definition) is 4. The number of rotatable bonds is 5. The van der Waals surface area contributed by atoms with Gasteiger partial charge in [0, 0.05) is 18.3 Å². The molecule has 0 aliphatic heterocycles. The van der Waals surface area contributed by atoms with E-state index in [4.69, 9.17) is 9.52 Å². The summed E-state index contributed by atoms with van der Waals surface area (Å²) in [6.45, 7) is 1.92. The van der Waals surface area contributed by atoms with Gasteiger partial charge < -0.3 is 20.2 Å². The van der Waals surface area contributed by atoms with Crippen LogP contribution in [0, 0.1) is 0 Å². The molecular weight excluding hydrogens is 244 g/mol. The van der Waals surface area contributed by atoms with E-state index < -0.39 is 0 Å². The summed E-state index contributed by atoms with van der Waals surface area (Å²) in [5, 5.41) is 14.8. The highest BCUT2D eigenvalue weighted by molar-refractivity contribution is 5.88. The summed E-state index contributed by atoms with van der Waals surface area (Å²) in [6, 6.07) is 11.0. The maximum absolute atomic E-state index is 10.9. The number of hydrogen-bond donors (Lipinski definition) is 3. The van der Waals surface area contributed by atoms with E-state index in [9.17, 15) is 4.79 Å². The van der Waals surface area contributed by atoms with Crippen molar-refractivity contribution in [2.45, 2.75) is 20.1 Å². The summed E-state index contributed by atoms with van der Waals surface area (Å²) in [6.07, 6.45) is 0. The molecule has 3 N–H and O–H groups in total. The van der Waals surface area contributed by atoms with E-state index >= 15 is 0 Å². The molecule has 0 unspecified atom stereocenters. The molecule has 1 aromatic carbocycles. The lowest BCUT2D eigenvalue weighted by Crippen LogP contribution is -2.05. The smallest absolute Gasteiger partial charge is 0.221 e. The molecule has 1 aromatic heterocycles. The van der Waals surface area contributed by atoms with Crippen LogP contribution in [0.2, 0.25) is 0 Å². The molecule has 0 saturated heterocycles. The predicted octanol–water partition coefficient (Wildman–Crippen LogP) is 2.34. The average molecular weight is 260 g/mol. The summed E-state index contributed by atoms with van der Waals surface area (Å²) in [4.78, 5) is 10.9. The Morgan fingerprint density at radius 1 is 1.11 bits per heavy atom. The van der Waals surface area contributed by atoms with Crippen LogP contribution in [0.3, 0.4) is 0 Å². The molecule has 0 aliphatic carbocycles.